The Morgan fingerprint density at radius 2 is 2.08 bits per heavy atom. The largest absolute Gasteiger partial charge is 0.390 e. The molecule has 72 valence electrons. The molecular weight excluding hydrogens is 176 g/mol. The maximum absolute atomic E-state index is 9.48. The normalized spacial score (nSPS) is 43.0. The van der Waals surface area contributed by atoms with Gasteiger partial charge in [-0.2, -0.15) is 0 Å². The summed E-state index contributed by atoms with van der Waals surface area (Å²) in [4.78, 5) is 0. The van der Waals surface area contributed by atoms with Crippen molar-refractivity contribution in [2.24, 2.45) is 0 Å². The second kappa shape index (κ2) is 4.46. The molecule has 1 fully saturated rings. The summed E-state index contributed by atoms with van der Waals surface area (Å²) in [5, 5.41) is 18.8. The Kier molecular flexibility index (Phi) is 3.83. The summed E-state index contributed by atoms with van der Waals surface area (Å²) in [6.45, 7) is 3.86. The molecule has 2 N–H and O–H groups in total. The highest BCUT2D eigenvalue weighted by Crippen LogP contribution is 2.27. The maximum Gasteiger partial charge on any atom is 0.129 e. The van der Waals surface area contributed by atoms with Crippen LogP contribution in [0.25, 0.3) is 0 Å². The fourth-order valence-corrected chi connectivity index (χ4v) is 2.17. The number of thioether (sulfide) groups is 1. The minimum absolute atomic E-state index is 0.155. The lowest BCUT2D eigenvalue weighted by Crippen LogP contribution is -2.44. The van der Waals surface area contributed by atoms with Crippen LogP contribution in [0.3, 0.4) is 0 Å². The van der Waals surface area contributed by atoms with E-state index in [-0.39, 0.29) is 11.5 Å². The van der Waals surface area contributed by atoms with E-state index in [1.165, 1.54) is 0 Å². The number of hydrogen-bond acceptors (Lipinski definition) is 4. The molecule has 1 aliphatic heterocycles. The van der Waals surface area contributed by atoms with Crippen molar-refractivity contribution in [2.75, 3.05) is 5.75 Å². The van der Waals surface area contributed by atoms with Crippen molar-refractivity contribution in [1.29, 1.82) is 0 Å². The van der Waals surface area contributed by atoms with Gasteiger partial charge in [-0.05, 0) is 12.7 Å². The van der Waals surface area contributed by atoms with Crippen molar-refractivity contribution in [3.63, 3.8) is 0 Å². The monoisotopic (exact) mass is 192 g/mol. The average molecular weight is 192 g/mol. The SMILES string of the molecule is CCS[C@H]1O[C@@H](C)[C@@H](O)C[C@@H]1O. The van der Waals surface area contributed by atoms with E-state index in [2.05, 4.69) is 0 Å². The Labute approximate surface area is 77.1 Å². The third-order valence-electron chi connectivity index (χ3n) is 2.02. The molecule has 0 aromatic rings. The Morgan fingerprint density at radius 1 is 1.42 bits per heavy atom. The zero-order chi connectivity index (χ0) is 9.14. The van der Waals surface area contributed by atoms with E-state index in [0.717, 1.165) is 5.75 Å². The fraction of sp³-hybridized carbons (Fsp3) is 1.00. The number of rotatable bonds is 2. The molecule has 3 nitrogen and oxygen atoms in total. The van der Waals surface area contributed by atoms with Gasteiger partial charge in [0.25, 0.3) is 0 Å². The molecule has 0 bridgehead atoms. The first-order valence-corrected chi connectivity index (χ1v) is 5.33. The first-order chi connectivity index (χ1) is 5.65. The Hall–Kier alpha value is 0.230. The summed E-state index contributed by atoms with van der Waals surface area (Å²) in [6, 6.07) is 0. The molecule has 1 saturated heterocycles. The molecule has 0 spiro atoms. The van der Waals surface area contributed by atoms with Crippen LogP contribution in [0.5, 0.6) is 0 Å². The van der Waals surface area contributed by atoms with E-state index < -0.39 is 12.2 Å². The molecule has 1 rings (SSSR count). The second-order valence-electron chi connectivity index (χ2n) is 3.04. The van der Waals surface area contributed by atoms with Gasteiger partial charge in [-0.15, -0.1) is 11.8 Å². The summed E-state index contributed by atoms with van der Waals surface area (Å²) >= 11 is 1.58. The molecule has 4 heteroatoms. The summed E-state index contributed by atoms with van der Waals surface area (Å²) in [7, 11) is 0. The molecule has 0 amide bonds. The molecule has 0 unspecified atom stereocenters. The van der Waals surface area contributed by atoms with Crippen LogP contribution in [0.15, 0.2) is 0 Å². The predicted molar refractivity (Wildman–Crippen MR) is 49.1 cm³/mol. The van der Waals surface area contributed by atoms with E-state index in [1.54, 1.807) is 11.8 Å². The minimum atomic E-state index is -0.527. The van der Waals surface area contributed by atoms with Crippen LogP contribution in [0.2, 0.25) is 0 Å². The van der Waals surface area contributed by atoms with Crippen LogP contribution < -0.4 is 0 Å². The predicted octanol–water partition coefficient (Wildman–Crippen LogP) is 0.596. The third-order valence-corrected chi connectivity index (χ3v) is 3.11. The smallest absolute Gasteiger partial charge is 0.129 e. The molecule has 12 heavy (non-hydrogen) atoms. The highest BCUT2D eigenvalue weighted by molar-refractivity contribution is 7.99. The second-order valence-corrected chi connectivity index (χ2v) is 4.41. The maximum atomic E-state index is 9.48. The molecule has 0 aromatic heterocycles. The minimum Gasteiger partial charge on any atom is -0.390 e. The summed E-state index contributed by atoms with van der Waals surface area (Å²) in [5.41, 5.74) is -0.159. The fourth-order valence-electron chi connectivity index (χ4n) is 1.26. The van der Waals surface area contributed by atoms with Gasteiger partial charge in [-0.25, -0.2) is 0 Å². The van der Waals surface area contributed by atoms with Crippen LogP contribution >= 0.6 is 11.8 Å². The molecular formula is C8H16O3S. The standard InChI is InChI=1S/C8H16O3S/c1-3-12-8-7(10)4-6(9)5(2)11-8/h5-10H,3-4H2,1-2H3/t5-,6-,7-,8+/m0/s1. The summed E-state index contributed by atoms with van der Waals surface area (Å²) in [6.07, 6.45) is -0.772. The van der Waals surface area contributed by atoms with Crippen molar-refractivity contribution >= 4 is 11.8 Å². The van der Waals surface area contributed by atoms with E-state index in [0.29, 0.717) is 6.42 Å². The van der Waals surface area contributed by atoms with Gasteiger partial charge in [-0.1, -0.05) is 6.92 Å². The van der Waals surface area contributed by atoms with E-state index >= 15 is 0 Å². The first-order valence-electron chi connectivity index (χ1n) is 4.28. The Morgan fingerprint density at radius 3 is 2.67 bits per heavy atom. The van der Waals surface area contributed by atoms with E-state index in [9.17, 15) is 10.2 Å². The number of hydrogen-bond donors (Lipinski definition) is 2. The van der Waals surface area contributed by atoms with E-state index in [1.807, 2.05) is 13.8 Å². The van der Waals surface area contributed by atoms with Crippen LogP contribution in [0.1, 0.15) is 20.3 Å². The first kappa shape index (κ1) is 10.3. The van der Waals surface area contributed by atoms with Gasteiger partial charge in [0.15, 0.2) is 0 Å². The highest BCUT2D eigenvalue weighted by atomic mass is 32.2. The third kappa shape index (κ3) is 2.36. The van der Waals surface area contributed by atoms with Gasteiger partial charge >= 0.3 is 0 Å². The zero-order valence-corrected chi connectivity index (χ0v) is 8.25. The Balaban J connectivity index is 2.43. The lowest BCUT2D eigenvalue weighted by molar-refractivity contribution is -0.129. The van der Waals surface area contributed by atoms with Gasteiger partial charge in [0.2, 0.25) is 0 Å². The molecule has 0 saturated carbocycles. The molecule has 1 heterocycles. The molecule has 4 atom stereocenters. The van der Waals surface area contributed by atoms with Crippen LogP contribution in [0, 0.1) is 0 Å². The molecule has 0 aromatic carbocycles. The van der Waals surface area contributed by atoms with Crippen LogP contribution in [0.4, 0.5) is 0 Å². The summed E-state index contributed by atoms with van der Waals surface area (Å²) in [5.74, 6) is 0.921. The van der Waals surface area contributed by atoms with Gasteiger partial charge in [-0.3, -0.25) is 0 Å². The van der Waals surface area contributed by atoms with Gasteiger partial charge < -0.3 is 14.9 Å². The molecule has 0 radical (unpaired) electrons. The topological polar surface area (TPSA) is 49.7 Å². The van der Waals surface area contributed by atoms with Crippen molar-refractivity contribution in [3.8, 4) is 0 Å². The quantitative estimate of drug-likeness (QED) is 0.672. The van der Waals surface area contributed by atoms with Gasteiger partial charge in [0.05, 0.1) is 18.3 Å². The van der Waals surface area contributed by atoms with Crippen molar-refractivity contribution < 1.29 is 14.9 Å². The summed E-state index contributed by atoms with van der Waals surface area (Å²) < 4.78 is 5.41. The molecule has 1 aliphatic rings. The lowest BCUT2D eigenvalue weighted by Gasteiger charge is -2.35. The van der Waals surface area contributed by atoms with Gasteiger partial charge in [0.1, 0.15) is 5.44 Å². The van der Waals surface area contributed by atoms with E-state index in [4.69, 9.17) is 4.74 Å². The lowest BCUT2D eigenvalue weighted by atomic mass is 10.1. The van der Waals surface area contributed by atoms with Crippen molar-refractivity contribution in [2.45, 2.75) is 44.0 Å². The average Bonchev–Trinajstić information content (AvgIpc) is 2.01. The molecule has 0 aliphatic carbocycles. The number of aliphatic hydroxyl groups excluding tert-OH is 2. The van der Waals surface area contributed by atoms with Crippen molar-refractivity contribution in [1.82, 2.24) is 0 Å². The number of aliphatic hydroxyl groups is 2. The van der Waals surface area contributed by atoms with Crippen LogP contribution in [-0.2, 0) is 4.74 Å². The van der Waals surface area contributed by atoms with Gasteiger partial charge in [0, 0.05) is 6.42 Å². The number of ether oxygens (including phenoxy) is 1. The van der Waals surface area contributed by atoms with Crippen molar-refractivity contribution in [3.05, 3.63) is 0 Å². The van der Waals surface area contributed by atoms with Crippen LogP contribution in [-0.4, -0.2) is 39.7 Å². The Bertz CT molecular complexity index is 142. The zero-order valence-electron chi connectivity index (χ0n) is 7.43. The highest BCUT2D eigenvalue weighted by Gasteiger charge is 2.33.